The molecule has 2 fully saturated rings. The first-order valence-electron chi connectivity index (χ1n) is 8.60. The standard InChI is InChI=1S/C17H25FN4O2/c18-14-3-6-22(11-14)17-13(9-15(19)23)1-2-16(21-17)20-10-12-4-7-24-8-5-12/h1-2,12,14H,3-11H2,(H2,19,23)(H,20,21)/t14-/m1/s1. The summed E-state index contributed by atoms with van der Waals surface area (Å²) in [7, 11) is 0. The van der Waals surface area contributed by atoms with Crippen LogP contribution in [0, 0.1) is 5.92 Å². The highest BCUT2D eigenvalue weighted by atomic mass is 19.1. The number of carbonyl (C=O) groups is 1. The third-order valence-electron chi connectivity index (χ3n) is 4.66. The van der Waals surface area contributed by atoms with Gasteiger partial charge in [-0.25, -0.2) is 9.37 Å². The van der Waals surface area contributed by atoms with Crippen LogP contribution in [0.2, 0.25) is 0 Å². The van der Waals surface area contributed by atoms with Gasteiger partial charge in [0.1, 0.15) is 17.8 Å². The molecule has 2 saturated heterocycles. The summed E-state index contributed by atoms with van der Waals surface area (Å²) in [6, 6.07) is 3.73. The summed E-state index contributed by atoms with van der Waals surface area (Å²) in [4.78, 5) is 17.8. The molecule has 0 unspecified atom stereocenters. The van der Waals surface area contributed by atoms with Crippen LogP contribution in [0.25, 0.3) is 0 Å². The maximum atomic E-state index is 13.6. The zero-order valence-electron chi connectivity index (χ0n) is 13.8. The number of aromatic nitrogens is 1. The van der Waals surface area contributed by atoms with E-state index in [2.05, 4.69) is 10.3 Å². The van der Waals surface area contributed by atoms with Gasteiger partial charge in [-0.3, -0.25) is 4.79 Å². The number of nitrogens with zero attached hydrogens (tertiary/aromatic N) is 2. The first-order valence-corrected chi connectivity index (χ1v) is 8.60. The first kappa shape index (κ1) is 17.0. The summed E-state index contributed by atoms with van der Waals surface area (Å²) >= 11 is 0. The zero-order chi connectivity index (χ0) is 16.9. The van der Waals surface area contributed by atoms with Crippen molar-refractivity contribution in [1.29, 1.82) is 0 Å². The predicted octanol–water partition coefficient (Wildman–Crippen LogP) is 1.50. The molecule has 132 valence electrons. The fourth-order valence-electron chi connectivity index (χ4n) is 3.28. The van der Waals surface area contributed by atoms with Crippen LogP contribution in [0.3, 0.4) is 0 Å². The number of hydrogen-bond donors (Lipinski definition) is 2. The Hall–Kier alpha value is -1.89. The zero-order valence-corrected chi connectivity index (χ0v) is 13.8. The second-order valence-corrected chi connectivity index (χ2v) is 6.59. The molecule has 0 bridgehead atoms. The molecular formula is C17H25FN4O2. The van der Waals surface area contributed by atoms with Gasteiger partial charge in [0.15, 0.2) is 0 Å². The van der Waals surface area contributed by atoms with Crippen LogP contribution in [-0.4, -0.2) is 49.9 Å². The number of anilines is 2. The Morgan fingerprint density at radius 1 is 1.38 bits per heavy atom. The number of alkyl halides is 1. The number of ether oxygens (including phenoxy) is 1. The number of nitrogens with two attached hydrogens (primary N) is 1. The van der Waals surface area contributed by atoms with Crippen molar-refractivity contribution in [3.05, 3.63) is 17.7 Å². The molecule has 3 heterocycles. The minimum atomic E-state index is -0.841. The third-order valence-corrected chi connectivity index (χ3v) is 4.66. The maximum Gasteiger partial charge on any atom is 0.221 e. The molecule has 1 amide bonds. The molecule has 2 aliphatic rings. The maximum absolute atomic E-state index is 13.6. The van der Waals surface area contributed by atoms with E-state index >= 15 is 0 Å². The van der Waals surface area contributed by atoms with Gasteiger partial charge in [0, 0.05) is 31.9 Å². The van der Waals surface area contributed by atoms with Crippen LogP contribution >= 0.6 is 0 Å². The molecule has 1 aromatic heterocycles. The van der Waals surface area contributed by atoms with Crippen molar-refractivity contribution < 1.29 is 13.9 Å². The summed E-state index contributed by atoms with van der Waals surface area (Å²) in [5.41, 5.74) is 6.08. The lowest BCUT2D eigenvalue weighted by Gasteiger charge is -2.24. The average molecular weight is 336 g/mol. The molecule has 24 heavy (non-hydrogen) atoms. The van der Waals surface area contributed by atoms with Gasteiger partial charge in [-0.2, -0.15) is 0 Å². The van der Waals surface area contributed by atoms with E-state index in [0.29, 0.717) is 31.2 Å². The van der Waals surface area contributed by atoms with Crippen LogP contribution in [0.1, 0.15) is 24.8 Å². The van der Waals surface area contributed by atoms with Crippen LogP contribution < -0.4 is 16.0 Å². The van der Waals surface area contributed by atoms with Crippen LogP contribution in [0.4, 0.5) is 16.0 Å². The number of nitrogens with one attached hydrogen (secondary N) is 1. The molecule has 1 aromatic rings. The summed E-state index contributed by atoms with van der Waals surface area (Å²) in [6.07, 6.45) is 1.88. The quantitative estimate of drug-likeness (QED) is 0.823. The van der Waals surface area contributed by atoms with E-state index in [1.54, 1.807) is 0 Å². The molecule has 0 radical (unpaired) electrons. The average Bonchev–Trinajstić information content (AvgIpc) is 3.01. The fraction of sp³-hybridized carbons (Fsp3) is 0.647. The van der Waals surface area contributed by atoms with E-state index < -0.39 is 12.1 Å². The van der Waals surface area contributed by atoms with Crippen molar-refractivity contribution >= 4 is 17.5 Å². The van der Waals surface area contributed by atoms with E-state index in [9.17, 15) is 9.18 Å². The van der Waals surface area contributed by atoms with Crippen molar-refractivity contribution in [2.75, 3.05) is 43.1 Å². The summed E-state index contributed by atoms with van der Waals surface area (Å²) in [5, 5.41) is 3.37. The van der Waals surface area contributed by atoms with Crippen molar-refractivity contribution in [1.82, 2.24) is 4.98 Å². The van der Waals surface area contributed by atoms with Gasteiger partial charge in [-0.1, -0.05) is 6.07 Å². The fourth-order valence-corrected chi connectivity index (χ4v) is 3.28. The topological polar surface area (TPSA) is 80.5 Å². The number of halogens is 1. The highest BCUT2D eigenvalue weighted by molar-refractivity contribution is 5.78. The number of rotatable bonds is 6. The molecule has 1 atom stereocenters. The van der Waals surface area contributed by atoms with E-state index in [1.165, 1.54) is 0 Å². The Labute approximate surface area is 141 Å². The van der Waals surface area contributed by atoms with Gasteiger partial charge in [-0.15, -0.1) is 0 Å². The van der Waals surface area contributed by atoms with Gasteiger partial charge >= 0.3 is 0 Å². The third kappa shape index (κ3) is 4.35. The summed E-state index contributed by atoms with van der Waals surface area (Å²) in [5.74, 6) is 1.60. The minimum absolute atomic E-state index is 0.121. The second-order valence-electron chi connectivity index (χ2n) is 6.59. The van der Waals surface area contributed by atoms with Crippen LogP contribution in [0.5, 0.6) is 0 Å². The Bertz CT molecular complexity index is 578. The largest absolute Gasteiger partial charge is 0.381 e. The molecule has 7 heteroatoms. The molecule has 3 rings (SSSR count). The monoisotopic (exact) mass is 336 g/mol. The second kappa shape index (κ2) is 7.79. The van der Waals surface area contributed by atoms with E-state index in [-0.39, 0.29) is 6.42 Å². The first-order chi connectivity index (χ1) is 11.6. The number of primary amides is 1. The van der Waals surface area contributed by atoms with Crippen molar-refractivity contribution in [2.45, 2.75) is 31.9 Å². The van der Waals surface area contributed by atoms with Crippen LogP contribution in [-0.2, 0) is 16.0 Å². The smallest absolute Gasteiger partial charge is 0.221 e. The number of hydrogen-bond acceptors (Lipinski definition) is 5. The van der Waals surface area contributed by atoms with Gasteiger partial charge in [0.2, 0.25) is 5.91 Å². The van der Waals surface area contributed by atoms with Gasteiger partial charge in [0.05, 0.1) is 13.0 Å². The van der Waals surface area contributed by atoms with Gasteiger partial charge < -0.3 is 20.7 Å². The Morgan fingerprint density at radius 2 is 2.17 bits per heavy atom. The molecule has 3 N–H and O–H groups in total. The summed E-state index contributed by atoms with van der Waals surface area (Å²) < 4.78 is 18.9. The van der Waals surface area contributed by atoms with E-state index in [4.69, 9.17) is 10.5 Å². The molecular weight excluding hydrogens is 311 g/mol. The molecule has 6 nitrogen and oxygen atoms in total. The molecule has 0 saturated carbocycles. The van der Waals surface area contributed by atoms with Crippen molar-refractivity contribution in [2.24, 2.45) is 11.7 Å². The highest BCUT2D eigenvalue weighted by Gasteiger charge is 2.25. The van der Waals surface area contributed by atoms with Crippen molar-refractivity contribution in [3.63, 3.8) is 0 Å². The minimum Gasteiger partial charge on any atom is -0.381 e. The molecule has 0 aliphatic carbocycles. The molecule has 0 aromatic carbocycles. The van der Waals surface area contributed by atoms with Gasteiger partial charge in [0.25, 0.3) is 0 Å². The van der Waals surface area contributed by atoms with E-state index in [1.807, 2.05) is 17.0 Å². The lowest BCUT2D eigenvalue weighted by molar-refractivity contribution is -0.117. The van der Waals surface area contributed by atoms with E-state index in [0.717, 1.165) is 44.0 Å². The highest BCUT2D eigenvalue weighted by Crippen LogP contribution is 2.26. The molecule has 2 aliphatic heterocycles. The van der Waals surface area contributed by atoms with Gasteiger partial charge in [-0.05, 0) is 31.2 Å². The Morgan fingerprint density at radius 3 is 2.83 bits per heavy atom. The lowest BCUT2D eigenvalue weighted by atomic mass is 10.0. The Balaban J connectivity index is 1.71. The number of amides is 1. The molecule has 0 spiro atoms. The normalized spacial score (nSPS) is 21.9. The number of carbonyl (C=O) groups excluding carboxylic acids is 1. The summed E-state index contributed by atoms with van der Waals surface area (Å²) in [6.45, 7) is 3.41. The Kier molecular flexibility index (Phi) is 5.50. The number of pyridine rings is 1. The van der Waals surface area contributed by atoms with Crippen molar-refractivity contribution in [3.8, 4) is 0 Å². The van der Waals surface area contributed by atoms with Crippen LogP contribution in [0.15, 0.2) is 12.1 Å². The lowest BCUT2D eigenvalue weighted by Crippen LogP contribution is -2.26. The predicted molar refractivity (Wildman–Crippen MR) is 90.9 cm³/mol. The SMILES string of the molecule is NC(=O)Cc1ccc(NCC2CCOCC2)nc1N1CC[C@@H](F)C1.